The number of anilines is 1. The second kappa shape index (κ2) is 8.18. The van der Waals surface area contributed by atoms with Gasteiger partial charge in [0, 0.05) is 31.4 Å². The molecule has 0 atom stereocenters. The Balaban J connectivity index is 1.35. The van der Waals surface area contributed by atoms with E-state index in [4.69, 9.17) is 9.47 Å². The average molecular weight is 401 g/mol. The third kappa shape index (κ3) is 3.96. The summed E-state index contributed by atoms with van der Waals surface area (Å²) in [7, 11) is 3.36. The molecule has 0 bridgehead atoms. The minimum atomic E-state index is -0.129. The van der Waals surface area contributed by atoms with Gasteiger partial charge in [0.15, 0.2) is 0 Å². The standard InChI is InChI=1S/C20H24N4O3S/c1-26-16-11-15(12-17(13-16)27-2)4-3-14-6-9-23(10-7-14)20-22-24-18(25)5-8-21-19(24)28-20/h5,8,11-14H,3-4,6-7,9-10H2,1-2H3. The molecule has 2 aromatic heterocycles. The van der Waals surface area contributed by atoms with Crippen LogP contribution < -0.4 is 19.9 Å². The van der Waals surface area contributed by atoms with Crippen LogP contribution in [0.25, 0.3) is 4.96 Å². The molecular weight excluding hydrogens is 376 g/mol. The Labute approximate surface area is 167 Å². The molecule has 1 aliphatic heterocycles. The zero-order chi connectivity index (χ0) is 19.5. The summed E-state index contributed by atoms with van der Waals surface area (Å²) >= 11 is 1.48. The largest absolute Gasteiger partial charge is 0.497 e. The van der Waals surface area contributed by atoms with Gasteiger partial charge in [-0.3, -0.25) is 4.79 Å². The van der Waals surface area contributed by atoms with Gasteiger partial charge in [0.25, 0.3) is 5.56 Å². The Morgan fingerprint density at radius 3 is 2.50 bits per heavy atom. The highest BCUT2D eigenvalue weighted by Crippen LogP contribution is 2.30. The van der Waals surface area contributed by atoms with Crippen molar-refractivity contribution in [1.82, 2.24) is 14.6 Å². The smallest absolute Gasteiger partial charge is 0.275 e. The van der Waals surface area contributed by atoms with E-state index in [1.807, 2.05) is 6.07 Å². The lowest BCUT2D eigenvalue weighted by Crippen LogP contribution is -2.34. The van der Waals surface area contributed by atoms with E-state index in [0.29, 0.717) is 10.9 Å². The molecule has 8 heteroatoms. The molecule has 0 aliphatic carbocycles. The molecule has 0 N–H and O–H groups in total. The van der Waals surface area contributed by atoms with Crippen molar-refractivity contribution < 1.29 is 9.47 Å². The van der Waals surface area contributed by atoms with Gasteiger partial charge >= 0.3 is 0 Å². The predicted molar refractivity (Wildman–Crippen MR) is 110 cm³/mol. The number of piperidine rings is 1. The molecule has 0 amide bonds. The first-order valence-electron chi connectivity index (χ1n) is 9.48. The third-order valence-corrected chi connectivity index (χ3v) is 6.28. The normalized spacial score (nSPS) is 15.1. The lowest BCUT2D eigenvalue weighted by molar-refractivity contribution is 0.378. The van der Waals surface area contributed by atoms with Gasteiger partial charge in [0.1, 0.15) is 11.5 Å². The van der Waals surface area contributed by atoms with Crippen LogP contribution in [0.3, 0.4) is 0 Å². The fourth-order valence-corrected chi connectivity index (χ4v) is 4.58. The SMILES string of the molecule is COc1cc(CCC2CCN(c3nn4c(=O)ccnc4s3)CC2)cc(OC)c1. The third-order valence-electron chi connectivity index (χ3n) is 5.30. The summed E-state index contributed by atoms with van der Waals surface area (Å²) in [5.74, 6) is 2.36. The highest BCUT2D eigenvalue weighted by molar-refractivity contribution is 7.20. The highest BCUT2D eigenvalue weighted by Gasteiger charge is 2.22. The monoisotopic (exact) mass is 400 g/mol. The number of benzene rings is 1. The molecule has 28 heavy (non-hydrogen) atoms. The minimum absolute atomic E-state index is 0.129. The second-order valence-corrected chi connectivity index (χ2v) is 7.99. The molecule has 0 spiro atoms. The summed E-state index contributed by atoms with van der Waals surface area (Å²) in [6, 6.07) is 7.52. The van der Waals surface area contributed by atoms with Crippen molar-refractivity contribution in [2.45, 2.75) is 25.7 Å². The number of fused-ring (bicyclic) bond motifs is 1. The van der Waals surface area contributed by atoms with E-state index in [1.165, 1.54) is 27.5 Å². The van der Waals surface area contributed by atoms with E-state index >= 15 is 0 Å². The maximum Gasteiger partial charge on any atom is 0.275 e. The summed E-state index contributed by atoms with van der Waals surface area (Å²) in [5.41, 5.74) is 1.12. The zero-order valence-electron chi connectivity index (χ0n) is 16.1. The van der Waals surface area contributed by atoms with Crippen molar-refractivity contribution in [3.05, 3.63) is 46.4 Å². The van der Waals surface area contributed by atoms with Gasteiger partial charge in [-0.05, 0) is 49.3 Å². The van der Waals surface area contributed by atoms with Crippen molar-refractivity contribution in [2.24, 2.45) is 5.92 Å². The van der Waals surface area contributed by atoms with Gasteiger partial charge in [-0.1, -0.05) is 11.3 Å². The molecule has 3 heterocycles. The van der Waals surface area contributed by atoms with E-state index < -0.39 is 0 Å². The lowest BCUT2D eigenvalue weighted by Gasteiger charge is -2.31. The zero-order valence-corrected chi connectivity index (χ0v) is 16.9. The number of aryl methyl sites for hydroxylation is 1. The Morgan fingerprint density at radius 2 is 1.86 bits per heavy atom. The molecule has 7 nitrogen and oxygen atoms in total. The second-order valence-electron chi connectivity index (χ2n) is 7.05. The number of rotatable bonds is 6. The van der Waals surface area contributed by atoms with Crippen LogP contribution in [0.2, 0.25) is 0 Å². The van der Waals surface area contributed by atoms with E-state index in [-0.39, 0.29) is 5.56 Å². The highest BCUT2D eigenvalue weighted by atomic mass is 32.1. The molecule has 148 valence electrons. The molecule has 0 radical (unpaired) electrons. The van der Waals surface area contributed by atoms with Crippen molar-refractivity contribution in [3.63, 3.8) is 0 Å². The van der Waals surface area contributed by atoms with Gasteiger partial charge in [-0.2, -0.15) is 4.52 Å². The Morgan fingerprint density at radius 1 is 1.14 bits per heavy atom. The maximum absolute atomic E-state index is 11.9. The fraction of sp³-hybridized carbons (Fsp3) is 0.450. The number of hydrogen-bond donors (Lipinski definition) is 0. The van der Waals surface area contributed by atoms with Crippen LogP contribution in [0.15, 0.2) is 35.3 Å². The molecule has 0 saturated carbocycles. The average Bonchev–Trinajstić information content (AvgIpc) is 3.18. The Kier molecular flexibility index (Phi) is 5.47. The van der Waals surface area contributed by atoms with Crippen LogP contribution in [0.4, 0.5) is 5.13 Å². The summed E-state index contributed by atoms with van der Waals surface area (Å²) in [4.78, 5) is 19.0. The van der Waals surface area contributed by atoms with Crippen molar-refractivity contribution in [2.75, 3.05) is 32.2 Å². The van der Waals surface area contributed by atoms with Crippen LogP contribution in [-0.4, -0.2) is 41.9 Å². The summed E-state index contributed by atoms with van der Waals surface area (Å²) < 4.78 is 12.1. The van der Waals surface area contributed by atoms with Gasteiger partial charge < -0.3 is 14.4 Å². The Bertz CT molecular complexity index is 986. The summed E-state index contributed by atoms with van der Waals surface area (Å²) in [6.07, 6.45) is 5.95. The number of ether oxygens (including phenoxy) is 2. The lowest BCUT2D eigenvalue weighted by atomic mass is 9.90. The number of aromatic nitrogens is 3. The molecule has 1 fully saturated rings. The molecule has 3 aromatic rings. The van der Waals surface area contributed by atoms with Crippen molar-refractivity contribution in [1.29, 1.82) is 0 Å². The molecule has 1 aromatic carbocycles. The van der Waals surface area contributed by atoms with E-state index in [1.54, 1.807) is 20.4 Å². The molecule has 4 rings (SSSR count). The van der Waals surface area contributed by atoms with Crippen LogP contribution in [-0.2, 0) is 6.42 Å². The first kappa shape index (κ1) is 18.7. The molecule has 1 saturated heterocycles. The van der Waals surface area contributed by atoms with Crippen LogP contribution in [0.1, 0.15) is 24.8 Å². The first-order valence-corrected chi connectivity index (χ1v) is 10.3. The van der Waals surface area contributed by atoms with E-state index in [0.717, 1.165) is 55.4 Å². The number of hydrogen-bond acceptors (Lipinski definition) is 7. The van der Waals surface area contributed by atoms with Gasteiger partial charge in [0.2, 0.25) is 10.1 Å². The maximum atomic E-state index is 11.9. The Hall–Kier alpha value is -2.61. The van der Waals surface area contributed by atoms with Crippen LogP contribution in [0.5, 0.6) is 11.5 Å². The minimum Gasteiger partial charge on any atom is -0.497 e. The molecule has 1 aliphatic rings. The van der Waals surface area contributed by atoms with Gasteiger partial charge in [0.05, 0.1) is 14.2 Å². The predicted octanol–water partition coefficient (Wildman–Crippen LogP) is 3.02. The fourth-order valence-electron chi connectivity index (χ4n) is 3.66. The number of methoxy groups -OCH3 is 2. The van der Waals surface area contributed by atoms with E-state index in [2.05, 4.69) is 27.1 Å². The van der Waals surface area contributed by atoms with Crippen LogP contribution >= 0.6 is 11.3 Å². The quantitative estimate of drug-likeness (QED) is 0.634. The first-order chi connectivity index (χ1) is 13.7. The summed E-state index contributed by atoms with van der Waals surface area (Å²) in [5, 5.41) is 5.33. The molecular formula is C20H24N4O3S. The van der Waals surface area contributed by atoms with Gasteiger partial charge in [-0.15, -0.1) is 5.10 Å². The van der Waals surface area contributed by atoms with Crippen molar-refractivity contribution >= 4 is 21.4 Å². The van der Waals surface area contributed by atoms with Crippen LogP contribution in [0, 0.1) is 5.92 Å². The number of nitrogens with zero attached hydrogens (tertiary/aromatic N) is 4. The molecule has 0 unspecified atom stereocenters. The van der Waals surface area contributed by atoms with E-state index in [9.17, 15) is 4.79 Å². The summed E-state index contributed by atoms with van der Waals surface area (Å²) in [6.45, 7) is 1.92. The van der Waals surface area contributed by atoms with Crippen molar-refractivity contribution in [3.8, 4) is 11.5 Å². The topological polar surface area (TPSA) is 69.0 Å². The van der Waals surface area contributed by atoms with Gasteiger partial charge in [-0.25, -0.2) is 4.98 Å².